The van der Waals surface area contributed by atoms with E-state index in [1.807, 2.05) is 37.3 Å². The molecule has 0 saturated carbocycles. The second kappa shape index (κ2) is 7.89. The highest BCUT2D eigenvalue weighted by atomic mass is 32.2. The molecule has 8 heteroatoms. The van der Waals surface area contributed by atoms with Gasteiger partial charge in [-0.1, -0.05) is 36.4 Å². The Morgan fingerprint density at radius 2 is 1.78 bits per heavy atom. The summed E-state index contributed by atoms with van der Waals surface area (Å²) in [7, 11) is -3.38. The van der Waals surface area contributed by atoms with Crippen LogP contribution >= 0.6 is 11.3 Å². The lowest BCUT2D eigenvalue weighted by molar-refractivity contribution is 0.103. The summed E-state index contributed by atoms with van der Waals surface area (Å²) >= 11 is 1.36. The van der Waals surface area contributed by atoms with Crippen molar-refractivity contribution in [3.8, 4) is 0 Å². The average molecular weight is 402 g/mol. The summed E-state index contributed by atoms with van der Waals surface area (Å²) in [5.74, 6) is -0.263. The van der Waals surface area contributed by atoms with Crippen molar-refractivity contribution in [1.82, 2.24) is 4.98 Å². The van der Waals surface area contributed by atoms with Gasteiger partial charge in [0.05, 0.1) is 22.6 Å². The molecule has 6 nitrogen and oxygen atoms in total. The molecule has 0 atom stereocenters. The van der Waals surface area contributed by atoms with Gasteiger partial charge in [-0.2, -0.15) is 0 Å². The quantitative estimate of drug-likeness (QED) is 0.660. The smallest absolute Gasteiger partial charge is 0.267 e. The van der Waals surface area contributed by atoms with Crippen molar-refractivity contribution in [3.63, 3.8) is 0 Å². The first-order valence-electron chi connectivity index (χ1n) is 8.19. The van der Waals surface area contributed by atoms with Gasteiger partial charge in [-0.25, -0.2) is 13.4 Å². The maximum absolute atomic E-state index is 12.6. The zero-order chi connectivity index (χ0) is 19.4. The predicted molar refractivity (Wildman–Crippen MR) is 109 cm³/mol. The number of rotatable bonds is 6. The van der Waals surface area contributed by atoms with Gasteiger partial charge in [0.15, 0.2) is 0 Å². The Hall–Kier alpha value is -2.71. The van der Waals surface area contributed by atoms with Gasteiger partial charge in [-0.05, 0) is 30.7 Å². The van der Waals surface area contributed by atoms with Crippen molar-refractivity contribution in [2.75, 3.05) is 16.3 Å². The molecule has 27 heavy (non-hydrogen) atoms. The van der Waals surface area contributed by atoms with E-state index in [9.17, 15) is 13.2 Å². The van der Waals surface area contributed by atoms with Gasteiger partial charge >= 0.3 is 0 Å². The molecule has 2 aromatic carbocycles. The molecular weight excluding hydrogens is 382 g/mol. The van der Waals surface area contributed by atoms with E-state index in [0.29, 0.717) is 28.4 Å². The fourth-order valence-corrected chi connectivity index (χ4v) is 4.12. The highest BCUT2D eigenvalue weighted by Gasteiger charge is 2.16. The number of aryl methyl sites for hydroxylation is 1. The van der Waals surface area contributed by atoms with Crippen molar-refractivity contribution in [1.29, 1.82) is 0 Å². The summed E-state index contributed by atoms with van der Waals surface area (Å²) in [5.41, 5.74) is 2.71. The number of hydrogen-bond donors (Lipinski definition) is 2. The van der Waals surface area contributed by atoms with Crippen LogP contribution in [0.2, 0.25) is 0 Å². The summed E-state index contributed by atoms with van der Waals surface area (Å²) in [6.07, 6.45) is 1.75. The van der Waals surface area contributed by atoms with E-state index in [-0.39, 0.29) is 5.91 Å². The molecule has 3 aromatic rings. The second-order valence-electron chi connectivity index (χ2n) is 6.09. The van der Waals surface area contributed by atoms with Gasteiger partial charge in [0.1, 0.15) is 4.88 Å². The predicted octanol–water partition coefficient (Wildman–Crippen LogP) is 3.67. The first kappa shape index (κ1) is 19.1. The molecule has 1 heterocycles. The minimum absolute atomic E-state index is 0.263. The lowest BCUT2D eigenvalue weighted by atomic mass is 10.2. The molecule has 140 valence electrons. The number of hydrogen-bond acceptors (Lipinski definition) is 5. The lowest BCUT2D eigenvalue weighted by Crippen LogP contribution is -2.13. The van der Waals surface area contributed by atoms with Gasteiger partial charge in [0.25, 0.3) is 5.91 Å². The van der Waals surface area contributed by atoms with Crippen molar-refractivity contribution in [2.24, 2.45) is 0 Å². The number of carbonyl (C=O) groups is 1. The Bertz CT molecular complexity index is 1060. The van der Waals surface area contributed by atoms with E-state index < -0.39 is 10.0 Å². The van der Waals surface area contributed by atoms with Crippen molar-refractivity contribution in [3.05, 3.63) is 75.7 Å². The summed E-state index contributed by atoms with van der Waals surface area (Å²) in [5, 5.41) is 3.67. The SMILES string of the molecule is Cc1nc(Cc2ccccc2)sc1C(=O)Nc1cccc(NS(C)(=O)=O)c1. The normalized spacial score (nSPS) is 11.2. The van der Waals surface area contributed by atoms with Gasteiger partial charge in [0.2, 0.25) is 10.0 Å². The highest BCUT2D eigenvalue weighted by molar-refractivity contribution is 7.92. The van der Waals surface area contributed by atoms with Crippen LogP contribution < -0.4 is 10.0 Å². The van der Waals surface area contributed by atoms with Crippen LogP contribution in [-0.2, 0) is 16.4 Å². The van der Waals surface area contributed by atoms with E-state index in [4.69, 9.17) is 0 Å². The van der Waals surface area contributed by atoms with Crippen LogP contribution in [0.25, 0.3) is 0 Å². The van der Waals surface area contributed by atoms with Crippen LogP contribution in [0.15, 0.2) is 54.6 Å². The number of nitrogens with zero attached hydrogens (tertiary/aromatic N) is 1. The molecule has 2 N–H and O–H groups in total. The molecule has 0 aliphatic heterocycles. The third-order valence-electron chi connectivity index (χ3n) is 3.67. The molecule has 0 aliphatic carbocycles. The molecule has 1 amide bonds. The minimum atomic E-state index is -3.38. The first-order valence-corrected chi connectivity index (χ1v) is 10.9. The van der Waals surface area contributed by atoms with E-state index in [2.05, 4.69) is 15.0 Å². The Balaban J connectivity index is 1.74. The molecule has 0 radical (unpaired) electrons. The van der Waals surface area contributed by atoms with Gasteiger partial charge in [-0.15, -0.1) is 11.3 Å². The third kappa shape index (κ3) is 5.38. The van der Waals surface area contributed by atoms with Crippen molar-refractivity contribution in [2.45, 2.75) is 13.3 Å². The molecule has 0 unspecified atom stereocenters. The number of aromatic nitrogens is 1. The maximum atomic E-state index is 12.6. The highest BCUT2D eigenvalue weighted by Crippen LogP contribution is 2.23. The van der Waals surface area contributed by atoms with Crippen LogP contribution in [0.3, 0.4) is 0 Å². The summed E-state index contributed by atoms with van der Waals surface area (Å²) < 4.78 is 25.1. The van der Waals surface area contributed by atoms with Crippen LogP contribution in [-0.4, -0.2) is 25.6 Å². The number of nitrogens with one attached hydrogen (secondary N) is 2. The summed E-state index contributed by atoms with van der Waals surface area (Å²) in [6, 6.07) is 16.5. The Morgan fingerprint density at radius 3 is 2.48 bits per heavy atom. The number of sulfonamides is 1. The van der Waals surface area contributed by atoms with E-state index in [0.717, 1.165) is 16.8 Å². The third-order valence-corrected chi connectivity index (χ3v) is 5.43. The van der Waals surface area contributed by atoms with Crippen LogP contribution in [0.1, 0.15) is 25.9 Å². The van der Waals surface area contributed by atoms with Crippen molar-refractivity contribution < 1.29 is 13.2 Å². The molecule has 3 rings (SSSR count). The van der Waals surface area contributed by atoms with E-state index >= 15 is 0 Å². The molecule has 0 fully saturated rings. The Labute approximate surface area is 162 Å². The van der Waals surface area contributed by atoms with Crippen LogP contribution in [0.5, 0.6) is 0 Å². The van der Waals surface area contributed by atoms with Gasteiger partial charge < -0.3 is 5.32 Å². The van der Waals surface area contributed by atoms with Crippen LogP contribution in [0, 0.1) is 6.92 Å². The summed E-state index contributed by atoms with van der Waals surface area (Å²) in [6.45, 7) is 1.81. The number of benzene rings is 2. The zero-order valence-electron chi connectivity index (χ0n) is 14.9. The maximum Gasteiger partial charge on any atom is 0.267 e. The Morgan fingerprint density at radius 1 is 1.07 bits per heavy atom. The fraction of sp³-hybridized carbons (Fsp3) is 0.158. The second-order valence-corrected chi connectivity index (χ2v) is 8.93. The van der Waals surface area contributed by atoms with Gasteiger partial charge in [0, 0.05) is 12.1 Å². The fourth-order valence-electron chi connectivity index (χ4n) is 2.57. The summed E-state index contributed by atoms with van der Waals surface area (Å²) in [4.78, 5) is 17.7. The largest absolute Gasteiger partial charge is 0.321 e. The molecule has 0 bridgehead atoms. The first-order chi connectivity index (χ1) is 12.8. The standard InChI is InChI=1S/C19H19N3O3S2/c1-13-18(26-17(20-13)11-14-7-4-3-5-8-14)19(23)21-15-9-6-10-16(12-15)22-27(2,24)25/h3-10,12,22H,11H2,1-2H3,(H,21,23). The Kier molecular flexibility index (Phi) is 5.57. The van der Waals surface area contributed by atoms with E-state index in [1.165, 1.54) is 11.3 Å². The molecule has 0 aliphatic rings. The number of amides is 1. The zero-order valence-corrected chi connectivity index (χ0v) is 16.5. The number of anilines is 2. The molecule has 1 aromatic heterocycles. The number of carbonyl (C=O) groups excluding carboxylic acids is 1. The average Bonchev–Trinajstić information content (AvgIpc) is 2.95. The molecule has 0 spiro atoms. The number of thiazole rings is 1. The minimum Gasteiger partial charge on any atom is -0.321 e. The monoisotopic (exact) mass is 401 g/mol. The van der Waals surface area contributed by atoms with Gasteiger partial charge in [-0.3, -0.25) is 9.52 Å². The topological polar surface area (TPSA) is 88.2 Å². The van der Waals surface area contributed by atoms with Crippen LogP contribution in [0.4, 0.5) is 11.4 Å². The lowest BCUT2D eigenvalue weighted by Gasteiger charge is -2.08. The van der Waals surface area contributed by atoms with E-state index in [1.54, 1.807) is 24.3 Å². The molecular formula is C19H19N3O3S2. The van der Waals surface area contributed by atoms with Crippen molar-refractivity contribution >= 4 is 38.6 Å². The molecule has 0 saturated heterocycles.